The van der Waals surface area contributed by atoms with Gasteiger partial charge >= 0.3 is 0 Å². The molecule has 0 saturated heterocycles. The van der Waals surface area contributed by atoms with Crippen LogP contribution < -0.4 is 0 Å². The van der Waals surface area contributed by atoms with Crippen LogP contribution in [0.15, 0.2) is 60.7 Å². The van der Waals surface area contributed by atoms with Gasteiger partial charge in [-0.15, -0.1) is 0 Å². The fraction of sp³-hybridized carbons (Fsp3) is 0.333. The molecule has 0 aliphatic rings. The molecule has 0 fully saturated rings. The fourth-order valence-corrected chi connectivity index (χ4v) is 3.46. The van der Waals surface area contributed by atoms with Gasteiger partial charge in [0.05, 0.1) is 0 Å². The van der Waals surface area contributed by atoms with E-state index in [1.165, 1.54) is 11.1 Å². The molecule has 2 aromatic rings. The van der Waals surface area contributed by atoms with Crippen LogP contribution in [0.2, 0.25) is 0 Å². The minimum Gasteiger partial charge on any atom is -0.414 e. The first-order valence-corrected chi connectivity index (χ1v) is 7.96. The van der Waals surface area contributed by atoms with Crippen LogP contribution in [0.3, 0.4) is 0 Å². The van der Waals surface area contributed by atoms with Gasteiger partial charge in [0.1, 0.15) is 16.1 Å². The summed E-state index contributed by atoms with van der Waals surface area (Å²) < 4.78 is 6.22. The predicted molar refractivity (Wildman–Crippen MR) is 88.8 cm³/mol. The van der Waals surface area contributed by atoms with E-state index in [0.29, 0.717) is 10.5 Å². The van der Waals surface area contributed by atoms with Gasteiger partial charge in [0.2, 0.25) is 0 Å². The summed E-state index contributed by atoms with van der Waals surface area (Å²) in [5.74, 6) is 0. The summed E-state index contributed by atoms with van der Waals surface area (Å²) in [5, 5.41) is 0. The predicted octanol–water partition coefficient (Wildman–Crippen LogP) is 3.66. The van der Waals surface area contributed by atoms with Crippen molar-refractivity contribution >= 4 is 10.5 Å². The van der Waals surface area contributed by atoms with Gasteiger partial charge in [-0.05, 0) is 23.0 Å². The Labute approximate surface area is 125 Å². The lowest BCUT2D eigenvalue weighted by Gasteiger charge is -2.39. The molecule has 0 aromatic heterocycles. The molecule has 0 spiro atoms. The van der Waals surface area contributed by atoms with Gasteiger partial charge in [0, 0.05) is 0 Å². The first-order valence-electron chi connectivity index (χ1n) is 7.14. The second-order valence-corrected chi connectivity index (χ2v) is 6.91. The molecule has 0 saturated carbocycles. The molecular weight excluding hydrogens is 260 g/mol. The van der Waals surface area contributed by atoms with E-state index in [-0.39, 0.29) is 11.0 Å². The largest absolute Gasteiger partial charge is 0.414 e. The Morgan fingerprint density at radius 2 is 1.20 bits per heavy atom. The third kappa shape index (κ3) is 3.19. The SMILES string of the molecule is CC(C)(C)CC(O[SiH3])(c1ccccc1)c1ccccc1. The van der Waals surface area contributed by atoms with Crippen LogP contribution in [0.25, 0.3) is 0 Å². The summed E-state index contributed by atoms with van der Waals surface area (Å²) in [4.78, 5) is 0. The van der Waals surface area contributed by atoms with Gasteiger partial charge in [-0.3, -0.25) is 0 Å². The van der Waals surface area contributed by atoms with Crippen molar-refractivity contribution in [3.63, 3.8) is 0 Å². The summed E-state index contributed by atoms with van der Waals surface area (Å²) >= 11 is 0. The van der Waals surface area contributed by atoms with Crippen LogP contribution in [0.1, 0.15) is 38.3 Å². The Morgan fingerprint density at radius 3 is 1.50 bits per heavy atom. The second-order valence-electron chi connectivity index (χ2n) is 6.50. The number of hydrogen-bond acceptors (Lipinski definition) is 1. The first kappa shape index (κ1) is 15.0. The van der Waals surface area contributed by atoms with Crippen LogP contribution in [-0.4, -0.2) is 10.5 Å². The molecule has 106 valence electrons. The lowest BCUT2D eigenvalue weighted by atomic mass is 9.74. The van der Waals surface area contributed by atoms with E-state index >= 15 is 0 Å². The minimum atomic E-state index is -0.326. The van der Waals surface area contributed by atoms with Gasteiger partial charge in [0.15, 0.2) is 0 Å². The third-order valence-electron chi connectivity index (χ3n) is 3.61. The third-order valence-corrected chi connectivity index (χ3v) is 4.30. The summed E-state index contributed by atoms with van der Waals surface area (Å²) in [6.45, 7) is 6.82. The molecule has 0 atom stereocenters. The van der Waals surface area contributed by atoms with Crippen molar-refractivity contribution in [2.24, 2.45) is 5.41 Å². The maximum atomic E-state index is 6.22. The van der Waals surface area contributed by atoms with E-state index in [4.69, 9.17) is 4.43 Å². The van der Waals surface area contributed by atoms with Gasteiger partial charge in [0.25, 0.3) is 0 Å². The second kappa shape index (κ2) is 5.94. The van der Waals surface area contributed by atoms with Crippen LogP contribution in [0.5, 0.6) is 0 Å². The topological polar surface area (TPSA) is 9.23 Å². The maximum absolute atomic E-state index is 6.22. The van der Waals surface area contributed by atoms with Crippen molar-refractivity contribution in [2.75, 3.05) is 0 Å². The molecule has 0 radical (unpaired) electrons. The number of hydrogen-bond donors (Lipinski definition) is 0. The smallest absolute Gasteiger partial charge is 0.147 e. The van der Waals surface area contributed by atoms with Crippen molar-refractivity contribution in [1.82, 2.24) is 0 Å². The highest BCUT2D eigenvalue weighted by Gasteiger charge is 2.37. The van der Waals surface area contributed by atoms with Crippen molar-refractivity contribution < 1.29 is 4.43 Å². The Balaban J connectivity index is 2.58. The summed E-state index contributed by atoms with van der Waals surface area (Å²) in [6, 6.07) is 21.2. The van der Waals surface area contributed by atoms with Gasteiger partial charge < -0.3 is 4.43 Å². The Bertz CT molecular complexity index is 489. The number of benzene rings is 2. The fourth-order valence-electron chi connectivity index (χ4n) is 2.84. The lowest BCUT2D eigenvalue weighted by Crippen LogP contribution is -2.35. The van der Waals surface area contributed by atoms with Crippen molar-refractivity contribution in [3.05, 3.63) is 71.8 Å². The zero-order valence-corrected chi connectivity index (χ0v) is 14.9. The Hall–Kier alpha value is -1.38. The van der Waals surface area contributed by atoms with Crippen molar-refractivity contribution in [2.45, 2.75) is 32.8 Å². The Kier molecular flexibility index (Phi) is 4.46. The molecule has 2 aromatic carbocycles. The molecule has 1 nitrogen and oxygen atoms in total. The molecule has 2 heteroatoms. The monoisotopic (exact) mass is 284 g/mol. The van der Waals surface area contributed by atoms with Crippen molar-refractivity contribution in [1.29, 1.82) is 0 Å². The lowest BCUT2D eigenvalue weighted by molar-refractivity contribution is 0.0719. The normalized spacial score (nSPS) is 12.6. The van der Waals surface area contributed by atoms with Gasteiger partial charge in [-0.25, -0.2) is 0 Å². The van der Waals surface area contributed by atoms with Gasteiger partial charge in [-0.1, -0.05) is 81.4 Å². The molecule has 0 bridgehead atoms. The summed E-state index contributed by atoms with van der Waals surface area (Å²) in [6.07, 6.45) is 0.970. The molecule has 0 N–H and O–H groups in total. The highest BCUT2D eigenvalue weighted by atomic mass is 28.2. The molecule has 0 aliphatic carbocycles. The van der Waals surface area contributed by atoms with E-state index in [1.54, 1.807) is 0 Å². The molecular formula is C18H24OSi. The van der Waals surface area contributed by atoms with E-state index < -0.39 is 0 Å². The highest BCUT2D eigenvalue weighted by Crippen LogP contribution is 2.42. The summed E-state index contributed by atoms with van der Waals surface area (Å²) in [7, 11) is 0.709. The molecule has 2 rings (SSSR count). The van der Waals surface area contributed by atoms with Gasteiger partial charge in [-0.2, -0.15) is 0 Å². The zero-order valence-electron chi connectivity index (χ0n) is 12.9. The first-order chi connectivity index (χ1) is 9.48. The minimum absolute atomic E-state index is 0.191. The highest BCUT2D eigenvalue weighted by molar-refractivity contribution is 5.98. The molecule has 0 heterocycles. The van der Waals surface area contributed by atoms with Crippen LogP contribution >= 0.6 is 0 Å². The summed E-state index contributed by atoms with van der Waals surface area (Å²) in [5.41, 5.74) is 2.36. The zero-order chi connectivity index (χ0) is 14.6. The molecule has 20 heavy (non-hydrogen) atoms. The van der Waals surface area contributed by atoms with Crippen LogP contribution in [-0.2, 0) is 10.0 Å². The van der Waals surface area contributed by atoms with Crippen LogP contribution in [0, 0.1) is 5.41 Å². The van der Waals surface area contributed by atoms with E-state index in [2.05, 4.69) is 81.4 Å². The average Bonchev–Trinajstić information content (AvgIpc) is 2.46. The quantitative estimate of drug-likeness (QED) is 0.779. The average molecular weight is 284 g/mol. The van der Waals surface area contributed by atoms with E-state index in [0.717, 1.165) is 6.42 Å². The van der Waals surface area contributed by atoms with Crippen molar-refractivity contribution in [3.8, 4) is 0 Å². The Morgan fingerprint density at radius 1 is 0.800 bits per heavy atom. The molecule has 0 amide bonds. The molecule has 0 aliphatic heterocycles. The molecule has 0 unspecified atom stereocenters. The maximum Gasteiger partial charge on any atom is 0.147 e. The standard InChI is InChI=1S/C18H24OSi/c1-17(2,3)14-18(19-20,15-10-6-4-7-11-15)16-12-8-5-9-13-16/h4-13H,14H2,1-3,20H3. The van der Waals surface area contributed by atoms with Crippen LogP contribution in [0.4, 0.5) is 0 Å². The van der Waals surface area contributed by atoms with E-state index in [1.807, 2.05) is 0 Å². The number of rotatable bonds is 4. The van der Waals surface area contributed by atoms with E-state index in [9.17, 15) is 0 Å².